The zero-order chi connectivity index (χ0) is 19.5. The Balaban J connectivity index is 1.83. The Morgan fingerprint density at radius 3 is 2.43 bits per heavy atom. The van der Waals surface area contributed by atoms with Crippen LogP contribution in [-0.2, 0) is 4.79 Å². The molecule has 1 amide bonds. The minimum atomic E-state index is -0.370. The second kappa shape index (κ2) is 8.12. The summed E-state index contributed by atoms with van der Waals surface area (Å²) in [4.78, 5) is 25.2. The number of rotatable bonds is 5. The number of hydrogen-bond acceptors (Lipinski definition) is 5. The maximum atomic E-state index is 13.0. The van der Waals surface area contributed by atoms with Gasteiger partial charge in [0, 0.05) is 19.5 Å². The fraction of sp³-hybridized carbons (Fsp3) is 0.136. The fourth-order valence-corrected chi connectivity index (χ4v) is 4.81. The van der Waals surface area contributed by atoms with Crippen molar-refractivity contribution in [2.45, 2.75) is 10.3 Å². The molecule has 0 N–H and O–H groups in total. The number of thiophene rings is 1. The van der Waals surface area contributed by atoms with Crippen LogP contribution in [0.5, 0.6) is 0 Å². The van der Waals surface area contributed by atoms with E-state index >= 15 is 0 Å². The van der Waals surface area contributed by atoms with Crippen molar-refractivity contribution in [3.05, 3.63) is 77.7 Å². The summed E-state index contributed by atoms with van der Waals surface area (Å²) >= 11 is 3.09. The molecule has 1 atom stereocenters. The highest BCUT2D eigenvalue weighted by molar-refractivity contribution is 8.00. The number of likely N-dealkylation sites (N-methyl/N-ethyl adjacent to an activating group) is 1. The summed E-state index contributed by atoms with van der Waals surface area (Å²) in [5, 5.41) is 3.42. The highest BCUT2D eigenvalue weighted by Crippen LogP contribution is 2.39. The lowest BCUT2D eigenvalue weighted by molar-refractivity contribution is -0.128. The van der Waals surface area contributed by atoms with E-state index in [2.05, 4.69) is 0 Å². The van der Waals surface area contributed by atoms with Crippen LogP contribution < -0.4 is 0 Å². The van der Waals surface area contributed by atoms with Crippen molar-refractivity contribution in [1.29, 1.82) is 0 Å². The molecule has 0 aliphatic rings. The average molecular weight is 406 g/mol. The Hall–Kier alpha value is -2.70. The number of aromatic nitrogens is 2. The van der Waals surface area contributed by atoms with E-state index < -0.39 is 0 Å². The number of fused-ring (bicyclic) bond motifs is 1. The number of carbonyl (C=O) groups excluding carboxylic acids is 1. The molecule has 2 aromatic heterocycles. The molecule has 0 radical (unpaired) electrons. The van der Waals surface area contributed by atoms with Crippen LogP contribution in [0, 0.1) is 0 Å². The lowest BCUT2D eigenvalue weighted by Gasteiger charge is -2.21. The van der Waals surface area contributed by atoms with E-state index in [-0.39, 0.29) is 11.2 Å². The highest BCUT2D eigenvalue weighted by atomic mass is 32.2. The highest BCUT2D eigenvalue weighted by Gasteiger charge is 2.25. The third-order valence-electron chi connectivity index (χ3n) is 4.31. The maximum absolute atomic E-state index is 13.0. The number of amides is 1. The minimum absolute atomic E-state index is 0.0385. The van der Waals surface area contributed by atoms with Gasteiger partial charge in [-0.15, -0.1) is 11.3 Å². The van der Waals surface area contributed by atoms with Crippen LogP contribution in [0.1, 0.15) is 10.8 Å². The average Bonchev–Trinajstić information content (AvgIpc) is 3.26. The molecule has 140 valence electrons. The number of nitrogens with zero attached hydrogens (tertiary/aromatic N) is 3. The first-order valence-electron chi connectivity index (χ1n) is 8.87. The number of carbonyl (C=O) groups is 1. The normalized spacial score (nSPS) is 12.1. The number of thioether (sulfide) groups is 1. The van der Waals surface area contributed by atoms with Gasteiger partial charge in [0.25, 0.3) is 0 Å². The van der Waals surface area contributed by atoms with Crippen molar-refractivity contribution in [2.75, 3.05) is 14.1 Å². The van der Waals surface area contributed by atoms with Crippen LogP contribution >= 0.6 is 23.1 Å². The van der Waals surface area contributed by atoms with E-state index in [0.717, 1.165) is 26.4 Å². The molecule has 28 heavy (non-hydrogen) atoms. The van der Waals surface area contributed by atoms with Gasteiger partial charge < -0.3 is 4.90 Å². The predicted molar refractivity (Wildman–Crippen MR) is 117 cm³/mol. The first-order chi connectivity index (χ1) is 13.6. The molecule has 0 fully saturated rings. The lowest BCUT2D eigenvalue weighted by Crippen LogP contribution is -2.26. The van der Waals surface area contributed by atoms with Gasteiger partial charge in [0.1, 0.15) is 10.3 Å². The SMILES string of the molecule is CN(C)C(=O)[C@H](Sc1nc(-c2cccs2)nc2ccccc12)c1ccccc1. The van der Waals surface area contributed by atoms with Crippen LogP contribution in [0.4, 0.5) is 0 Å². The van der Waals surface area contributed by atoms with Gasteiger partial charge in [-0.3, -0.25) is 4.79 Å². The topological polar surface area (TPSA) is 46.1 Å². The predicted octanol–water partition coefficient (Wildman–Crippen LogP) is 5.28. The van der Waals surface area contributed by atoms with Crippen molar-refractivity contribution in [2.24, 2.45) is 0 Å². The third-order valence-corrected chi connectivity index (χ3v) is 6.42. The summed E-state index contributed by atoms with van der Waals surface area (Å²) < 4.78 is 0. The smallest absolute Gasteiger partial charge is 0.240 e. The summed E-state index contributed by atoms with van der Waals surface area (Å²) in [6.45, 7) is 0. The van der Waals surface area contributed by atoms with Crippen LogP contribution in [0.2, 0.25) is 0 Å². The van der Waals surface area contributed by atoms with E-state index in [9.17, 15) is 4.79 Å². The molecule has 4 aromatic rings. The summed E-state index contributed by atoms with van der Waals surface area (Å²) in [5.41, 5.74) is 1.85. The molecule has 0 aliphatic carbocycles. The first-order valence-corrected chi connectivity index (χ1v) is 10.6. The molecular formula is C22H19N3OS2. The van der Waals surface area contributed by atoms with Crippen molar-refractivity contribution in [1.82, 2.24) is 14.9 Å². The molecule has 0 aliphatic heterocycles. The Bertz CT molecular complexity index is 1100. The molecule has 4 nitrogen and oxygen atoms in total. The van der Waals surface area contributed by atoms with Crippen molar-refractivity contribution in [3.63, 3.8) is 0 Å². The summed E-state index contributed by atoms with van der Waals surface area (Å²) in [7, 11) is 3.57. The van der Waals surface area contributed by atoms with E-state index in [0.29, 0.717) is 5.82 Å². The van der Waals surface area contributed by atoms with E-state index in [1.165, 1.54) is 11.8 Å². The number of benzene rings is 2. The zero-order valence-corrected chi connectivity index (χ0v) is 17.2. The number of hydrogen-bond donors (Lipinski definition) is 0. The largest absolute Gasteiger partial charge is 0.348 e. The number of para-hydroxylation sites is 1. The molecule has 0 spiro atoms. The van der Waals surface area contributed by atoms with Gasteiger partial charge in [-0.25, -0.2) is 9.97 Å². The molecule has 0 bridgehead atoms. The minimum Gasteiger partial charge on any atom is -0.348 e. The van der Waals surface area contributed by atoms with E-state index in [1.807, 2.05) is 72.1 Å². The Labute approximate surface area is 172 Å². The molecule has 0 saturated carbocycles. The van der Waals surface area contributed by atoms with E-state index in [4.69, 9.17) is 9.97 Å². The molecular weight excluding hydrogens is 386 g/mol. The summed E-state index contributed by atoms with van der Waals surface area (Å²) in [6, 6.07) is 21.8. The maximum Gasteiger partial charge on any atom is 0.240 e. The molecule has 4 rings (SSSR count). The molecule has 0 saturated heterocycles. The molecule has 2 aromatic carbocycles. The Kier molecular flexibility index (Phi) is 5.41. The second-order valence-corrected chi connectivity index (χ2v) is 8.53. The van der Waals surface area contributed by atoms with E-state index in [1.54, 1.807) is 30.3 Å². The van der Waals surface area contributed by atoms with Gasteiger partial charge in [0.05, 0.1) is 10.4 Å². The van der Waals surface area contributed by atoms with Crippen molar-refractivity contribution < 1.29 is 4.79 Å². The van der Waals surface area contributed by atoms with Gasteiger partial charge in [0.15, 0.2) is 5.82 Å². The van der Waals surface area contributed by atoms with Gasteiger partial charge in [-0.2, -0.15) is 0 Å². The lowest BCUT2D eigenvalue weighted by atomic mass is 10.1. The van der Waals surface area contributed by atoms with Crippen LogP contribution in [0.25, 0.3) is 21.6 Å². The second-order valence-electron chi connectivity index (χ2n) is 6.49. The fourth-order valence-electron chi connectivity index (χ4n) is 2.89. The van der Waals surface area contributed by atoms with Crippen LogP contribution in [0.3, 0.4) is 0 Å². The van der Waals surface area contributed by atoms with Crippen LogP contribution in [-0.4, -0.2) is 34.9 Å². The molecule has 2 heterocycles. The molecule has 6 heteroatoms. The standard InChI is InChI=1S/C22H19N3OS2/c1-25(2)22(26)19(15-9-4-3-5-10-15)28-21-16-11-6-7-12-17(16)23-20(24-21)18-13-8-14-27-18/h3-14,19H,1-2H3/t19-/m1/s1. The third kappa shape index (κ3) is 3.79. The van der Waals surface area contributed by atoms with Crippen molar-refractivity contribution >= 4 is 39.9 Å². The van der Waals surface area contributed by atoms with Gasteiger partial charge in [0.2, 0.25) is 5.91 Å². The zero-order valence-electron chi connectivity index (χ0n) is 15.6. The molecule has 0 unspecified atom stereocenters. The van der Waals surface area contributed by atoms with Gasteiger partial charge in [-0.05, 0) is 23.1 Å². The monoisotopic (exact) mass is 405 g/mol. The van der Waals surface area contributed by atoms with Crippen molar-refractivity contribution in [3.8, 4) is 10.7 Å². The summed E-state index contributed by atoms with van der Waals surface area (Å²) in [5.74, 6) is 0.733. The quantitative estimate of drug-likeness (QED) is 0.335. The Morgan fingerprint density at radius 2 is 1.71 bits per heavy atom. The first kappa shape index (κ1) is 18.7. The van der Waals surface area contributed by atoms with Gasteiger partial charge >= 0.3 is 0 Å². The van der Waals surface area contributed by atoms with Gasteiger partial charge in [-0.1, -0.05) is 66.4 Å². The van der Waals surface area contributed by atoms with Crippen LogP contribution in [0.15, 0.2) is 77.1 Å². The summed E-state index contributed by atoms with van der Waals surface area (Å²) in [6.07, 6.45) is 0. The Morgan fingerprint density at radius 1 is 0.964 bits per heavy atom.